The summed E-state index contributed by atoms with van der Waals surface area (Å²) in [6.07, 6.45) is 4.22. The van der Waals surface area contributed by atoms with Crippen LogP contribution in [0.5, 0.6) is 0 Å². The maximum atomic E-state index is 12.4. The number of hydrogen-bond donors (Lipinski definition) is 0. The molecule has 0 aromatic heterocycles. The van der Waals surface area contributed by atoms with Gasteiger partial charge in [-0.1, -0.05) is 11.6 Å². The summed E-state index contributed by atoms with van der Waals surface area (Å²) in [5, 5.41) is 0.613. The molecule has 1 aliphatic carbocycles. The number of carbonyl (C=O) groups is 2. The summed E-state index contributed by atoms with van der Waals surface area (Å²) in [5.74, 6) is 0.106. The Balaban J connectivity index is 0.00000208. The molecule has 0 spiro atoms. The van der Waals surface area contributed by atoms with E-state index in [-0.39, 0.29) is 30.5 Å². The van der Waals surface area contributed by atoms with Crippen molar-refractivity contribution < 1.29 is 9.59 Å². The lowest BCUT2D eigenvalue weighted by molar-refractivity contribution is -0.131. The van der Waals surface area contributed by atoms with Crippen LogP contribution in [0.3, 0.4) is 0 Å². The Bertz CT molecular complexity index is 573. The average molecular weight is 371 g/mol. The summed E-state index contributed by atoms with van der Waals surface area (Å²) in [5.41, 5.74) is 0.623. The van der Waals surface area contributed by atoms with E-state index in [9.17, 15) is 9.59 Å². The highest BCUT2D eigenvalue weighted by molar-refractivity contribution is 6.30. The van der Waals surface area contributed by atoms with Gasteiger partial charge in [0.1, 0.15) is 0 Å². The van der Waals surface area contributed by atoms with Gasteiger partial charge in [-0.2, -0.15) is 0 Å². The zero-order chi connectivity index (χ0) is 16.2. The maximum absolute atomic E-state index is 12.4. The molecule has 1 saturated carbocycles. The second-order valence-corrected chi connectivity index (χ2v) is 6.87. The van der Waals surface area contributed by atoms with Crippen molar-refractivity contribution in [3.63, 3.8) is 0 Å². The van der Waals surface area contributed by atoms with Gasteiger partial charge < -0.3 is 4.90 Å². The third kappa shape index (κ3) is 5.20. The molecule has 0 N–H and O–H groups in total. The van der Waals surface area contributed by atoms with Gasteiger partial charge >= 0.3 is 0 Å². The summed E-state index contributed by atoms with van der Waals surface area (Å²) in [6, 6.07) is 7.61. The first-order valence-corrected chi connectivity index (χ1v) is 8.82. The molecule has 2 fully saturated rings. The third-order valence-electron chi connectivity index (χ3n) is 4.68. The highest BCUT2D eigenvalue weighted by Crippen LogP contribution is 2.27. The van der Waals surface area contributed by atoms with Gasteiger partial charge in [0.2, 0.25) is 5.91 Å². The molecule has 1 heterocycles. The predicted molar refractivity (Wildman–Crippen MR) is 98.1 cm³/mol. The molecule has 24 heavy (non-hydrogen) atoms. The van der Waals surface area contributed by atoms with E-state index in [2.05, 4.69) is 4.90 Å². The smallest absolute Gasteiger partial charge is 0.223 e. The van der Waals surface area contributed by atoms with Crippen LogP contribution in [0.2, 0.25) is 5.02 Å². The predicted octanol–water partition coefficient (Wildman–Crippen LogP) is 3.42. The van der Waals surface area contributed by atoms with Crippen LogP contribution in [0.25, 0.3) is 0 Å². The Hall–Kier alpha value is -1.10. The van der Waals surface area contributed by atoms with Crippen molar-refractivity contribution in [1.29, 1.82) is 0 Å². The van der Waals surface area contributed by atoms with Crippen LogP contribution in [0.4, 0.5) is 0 Å². The number of carbonyl (C=O) groups excluding carboxylic acids is 2. The van der Waals surface area contributed by atoms with E-state index < -0.39 is 0 Å². The van der Waals surface area contributed by atoms with Gasteiger partial charge in [-0.05, 0) is 43.5 Å². The number of benzene rings is 1. The molecular weight excluding hydrogens is 347 g/mol. The van der Waals surface area contributed by atoms with E-state index in [1.807, 2.05) is 4.90 Å². The van der Waals surface area contributed by atoms with Crippen LogP contribution < -0.4 is 0 Å². The molecule has 0 unspecified atom stereocenters. The Morgan fingerprint density at radius 3 is 2.38 bits per heavy atom. The fourth-order valence-corrected chi connectivity index (χ4v) is 3.28. The summed E-state index contributed by atoms with van der Waals surface area (Å²) in [6.45, 7) is 3.68. The van der Waals surface area contributed by atoms with E-state index in [0.717, 1.165) is 38.6 Å². The molecule has 1 amide bonds. The monoisotopic (exact) mass is 370 g/mol. The maximum Gasteiger partial charge on any atom is 0.223 e. The Kier molecular flexibility index (Phi) is 7.08. The largest absolute Gasteiger partial charge is 0.341 e. The zero-order valence-electron chi connectivity index (χ0n) is 13.7. The minimum absolute atomic E-state index is 0. The number of hydrogen-bond acceptors (Lipinski definition) is 3. The highest BCUT2D eigenvalue weighted by atomic mass is 35.5. The van der Waals surface area contributed by atoms with Crippen molar-refractivity contribution in [3.8, 4) is 0 Å². The molecular formula is C18H24Cl2N2O2. The number of ketones is 1. The van der Waals surface area contributed by atoms with Crippen molar-refractivity contribution in [2.24, 2.45) is 0 Å². The third-order valence-corrected chi connectivity index (χ3v) is 4.93. The molecule has 1 aliphatic heterocycles. The first kappa shape index (κ1) is 19.2. The molecule has 0 atom stereocenters. The molecule has 3 rings (SSSR count). The van der Waals surface area contributed by atoms with Crippen LogP contribution in [0.1, 0.15) is 42.5 Å². The number of Topliss-reactive ketones (excluding diaryl/α,β-unsaturated/α-hetero) is 1. The number of halogens is 2. The van der Waals surface area contributed by atoms with E-state index in [4.69, 9.17) is 11.6 Å². The second kappa shape index (κ2) is 8.84. The Morgan fingerprint density at radius 2 is 1.71 bits per heavy atom. The molecule has 6 heteroatoms. The fraction of sp³-hybridized carbons (Fsp3) is 0.556. The lowest BCUT2D eigenvalue weighted by Crippen LogP contribution is -2.35. The number of rotatable bonds is 5. The van der Waals surface area contributed by atoms with E-state index in [1.165, 1.54) is 12.8 Å². The molecule has 1 saturated heterocycles. The molecule has 132 valence electrons. The van der Waals surface area contributed by atoms with Gasteiger partial charge in [-0.3, -0.25) is 14.5 Å². The average Bonchev–Trinajstić information content (AvgIpc) is 3.38. The van der Waals surface area contributed by atoms with Gasteiger partial charge in [0.25, 0.3) is 0 Å². The molecule has 4 nitrogen and oxygen atoms in total. The Labute approximate surface area is 154 Å². The quantitative estimate of drug-likeness (QED) is 0.745. The second-order valence-electron chi connectivity index (χ2n) is 6.43. The minimum atomic E-state index is 0. The lowest BCUT2D eigenvalue weighted by atomic mass is 10.1. The van der Waals surface area contributed by atoms with Gasteiger partial charge in [0, 0.05) is 55.6 Å². The summed E-state index contributed by atoms with van der Waals surface area (Å²) in [7, 11) is 0. The van der Waals surface area contributed by atoms with E-state index >= 15 is 0 Å². The standard InChI is InChI=1S/C18H23ClN2O2.ClH/c19-15-4-2-14(3-5-15)17(22)8-9-18(23)21-11-1-10-20(12-13-21)16-6-7-16;/h2-5,16H,1,6-13H2;1H. The van der Waals surface area contributed by atoms with E-state index in [0.29, 0.717) is 17.0 Å². The molecule has 0 bridgehead atoms. The molecule has 2 aliphatic rings. The zero-order valence-corrected chi connectivity index (χ0v) is 15.3. The lowest BCUT2D eigenvalue weighted by Gasteiger charge is -2.21. The van der Waals surface area contributed by atoms with Crippen LogP contribution in [0.15, 0.2) is 24.3 Å². The summed E-state index contributed by atoms with van der Waals surface area (Å²) in [4.78, 5) is 28.9. The summed E-state index contributed by atoms with van der Waals surface area (Å²) >= 11 is 5.82. The van der Waals surface area contributed by atoms with Crippen LogP contribution in [-0.4, -0.2) is 53.7 Å². The molecule has 1 aromatic carbocycles. The van der Waals surface area contributed by atoms with Crippen molar-refractivity contribution >= 4 is 35.7 Å². The van der Waals surface area contributed by atoms with E-state index in [1.54, 1.807) is 24.3 Å². The summed E-state index contributed by atoms with van der Waals surface area (Å²) < 4.78 is 0. The highest BCUT2D eigenvalue weighted by Gasteiger charge is 2.30. The van der Waals surface area contributed by atoms with Crippen LogP contribution in [0, 0.1) is 0 Å². The van der Waals surface area contributed by atoms with Gasteiger partial charge in [0.05, 0.1) is 0 Å². The number of nitrogens with zero attached hydrogens (tertiary/aromatic N) is 2. The van der Waals surface area contributed by atoms with Crippen molar-refractivity contribution in [2.45, 2.75) is 38.1 Å². The van der Waals surface area contributed by atoms with Crippen molar-refractivity contribution in [3.05, 3.63) is 34.9 Å². The first-order valence-electron chi connectivity index (χ1n) is 8.44. The van der Waals surface area contributed by atoms with Crippen molar-refractivity contribution in [2.75, 3.05) is 26.2 Å². The fourth-order valence-electron chi connectivity index (χ4n) is 3.15. The van der Waals surface area contributed by atoms with Crippen LogP contribution in [-0.2, 0) is 4.79 Å². The number of amides is 1. The van der Waals surface area contributed by atoms with Crippen LogP contribution >= 0.6 is 24.0 Å². The molecule has 1 aromatic rings. The minimum Gasteiger partial charge on any atom is -0.341 e. The van der Waals surface area contributed by atoms with Crippen molar-refractivity contribution in [1.82, 2.24) is 9.80 Å². The Morgan fingerprint density at radius 1 is 1.00 bits per heavy atom. The van der Waals surface area contributed by atoms with Gasteiger partial charge in [0.15, 0.2) is 5.78 Å². The molecule has 0 radical (unpaired) electrons. The SMILES string of the molecule is Cl.O=C(CCC(=O)N1CCCN(C2CC2)CC1)c1ccc(Cl)cc1. The van der Waals surface area contributed by atoms with Gasteiger partial charge in [-0.25, -0.2) is 0 Å². The first-order chi connectivity index (χ1) is 11.1. The van der Waals surface area contributed by atoms with Gasteiger partial charge in [-0.15, -0.1) is 12.4 Å². The topological polar surface area (TPSA) is 40.6 Å². The normalized spacial score (nSPS) is 18.6.